The first-order chi connectivity index (χ1) is 7.24. The molecule has 0 aliphatic carbocycles. The van der Waals surface area contributed by atoms with Crippen molar-refractivity contribution in [3.63, 3.8) is 0 Å². The molecule has 0 saturated heterocycles. The standard InChI is InChI=1S/C10H13N5/c1-3-7-8(14-15(2)9(7)11)10-12-5-4-6-13-10/h4-6H,3,11H2,1-2H3. The Morgan fingerprint density at radius 1 is 1.33 bits per heavy atom. The molecule has 2 heterocycles. The molecule has 0 spiro atoms. The first-order valence-corrected chi connectivity index (χ1v) is 4.82. The summed E-state index contributed by atoms with van der Waals surface area (Å²) in [7, 11) is 1.82. The van der Waals surface area contributed by atoms with E-state index >= 15 is 0 Å². The van der Waals surface area contributed by atoms with Gasteiger partial charge >= 0.3 is 0 Å². The lowest BCUT2D eigenvalue weighted by molar-refractivity contribution is 0.779. The summed E-state index contributed by atoms with van der Waals surface area (Å²) in [4.78, 5) is 8.34. The first-order valence-electron chi connectivity index (χ1n) is 4.82. The number of nitrogens with two attached hydrogens (primary N) is 1. The molecule has 5 heteroatoms. The predicted molar refractivity (Wildman–Crippen MR) is 58.0 cm³/mol. The highest BCUT2D eigenvalue weighted by Crippen LogP contribution is 2.23. The summed E-state index contributed by atoms with van der Waals surface area (Å²) >= 11 is 0. The van der Waals surface area contributed by atoms with E-state index in [0.29, 0.717) is 11.6 Å². The monoisotopic (exact) mass is 203 g/mol. The van der Waals surface area contributed by atoms with Crippen molar-refractivity contribution >= 4 is 5.82 Å². The van der Waals surface area contributed by atoms with Gasteiger partial charge in [-0.05, 0) is 12.5 Å². The lowest BCUT2D eigenvalue weighted by atomic mass is 10.1. The fraction of sp³-hybridized carbons (Fsp3) is 0.300. The van der Waals surface area contributed by atoms with Gasteiger partial charge in [0, 0.05) is 25.0 Å². The summed E-state index contributed by atoms with van der Waals surface area (Å²) in [6.45, 7) is 2.04. The molecule has 0 bridgehead atoms. The van der Waals surface area contributed by atoms with E-state index in [1.165, 1.54) is 0 Å². The van der Waals surface area contributed by atoms with Crippen molar-refractivity contribution in [3.05, 3.63) is 24.0 Å². The van der Waals surface area contributed by atoms with Crippen LogP contribution in [0.15, 0.2) is 18.5 Å². The topological polar surface area (TPSA) is 69.6 Å². The summed E-state index contributed by atoms with van der Waals surface area (Å²) in [5, 5.41) is 4.32. The normalized spacial score (nSPS) is 10.5. The minimum Gasteiger partial charge on any atom is -0.384 e. The van der Waals surface area contributed by atoms with Gasteiger partial charge in [-0.1, -0.05) is 6.92 Å². The molecule has 2 N–H and O–H groups in total. The molecule has 0 radical (unpaired) electrons. The molecule has 0 atom stereocenters. The van der Waals surface area contributed by atoms with E-state index in [1.54, 1.807) is 23.1 Å². The maximum Gasteiger partial charge on any atom is 0.180 e. The Kier molecular flexibility index (Phi) is 2.37. The molecular weight excluding hydrogens is 190 g/mol. The average Bonchev–Trinajstić information content (AvgIpc) is 2.56. The quantitative estimate of drug-likeness (QED) is 0.791. The Bertz CT molecular complexity index is 460. The Morgan fingerprint density at radius 2 is 2.00 bits per heavy atom. The summed E-state index contributed by atoms with van der Waals surface area (Å²) < 4.78 is 1.66. The molecule has 78 valence electrons. The number of nitrogen functional groups attached to an aromatic ring is 1. The molecule has 0 aliphatic rings. The molecule has 0 amide bonds. The largest absolute Gasteiger partial charge is 0.384 e. The molecule has 2 rings (SSSR count). The van der Waals surface area contributed by atoms with Gasteiger partial charge in [-0.25, -0.2) is 9.97 Å². The maximum atomic E-state index is 5.90. The van der Waals surface area contributed by atoms with Gasteiger partial charge in [-0.2, -0.15) is 5.10 Å². The van der Waals surface area contributed by atoms with Crippen LogP contribution >= 0.6 is 0 Å². The van der Waals surface area contributed by atoms with E-state index in [2.05, 4.69) is 15.1 Å². The lowest BCUT2D eigenvalue weighted by Gasteiger charge is -1.97. The van der Waals surface area contributed by atoms with Crippen LogP contribution in [0.4, 0.5) is 5.82 Å². The van der Waals surface area contributed by atoms with Crippen LogP contribution < -0.4 is 5.73 Å². The molecule has 2 aromatic rings. The number of rotatable bonds is 2. The van der Waals surface area contributed by atoms with Crippen molar-refractivity contribution in [2.45, 2.75) is 13.3 Å². The number of anilines is 1. The number of nitrogens with zero attached hydrogens (tertiary/aromatic N) is 4. The Hall–Kier alpha value is -1.91. The van der Waals surface area contributed by atoms with Crippen LogP contribution in [0.2, 0.25) is 0 Å². The summed E-state index contributed by atoms with van der Waals surface area (Å²) in [5.74, 6) is 1.31. The van der Waals surface area contributed by atoms with E-state index in [0.717, 1.165) is 17.7 Å². The van der Waals surface area contributed by atoms with E-state index in [-0.39, 0.29) is 0 Å². The van der Waals surface area contributed by atoms with Gasteiger partial charge in [0.2, 0.25) is 0 Å². The Labute approximate surface area is 88.0 Å². The third-order valence-electron chi connectivity index (χ3n) is 2.32. The fourth-order valence-corrected chi connectivity index (χ4v) is 1.53. The summed E-state index contributed by atoms with van der Waals surface area (Å²) in [5.41, 5.74) is 7.68. The minimum absolute atomic E-state index is 0.627. The molecular formula is C10H13N5. The smallest absolute Gasteiger partial charge is 0.180 e. The van der Waals surface area contributed by atoms with Crippen molar-refractivity contribution in [1.82, 2.24) is 19.7 Å². The van der Waals surface area contributed by atoms with Gasteiger partial charge in [0.15, 0.2) is 5.82 Å². The van der Waals surface area contributed by atoms with Crippen LogP contribution in [0.25, 0.3) is 11.5 Å². The van der Waals surface area contributed by atoms with Crippen LogP contribution in [-0.2, 0) is 13.5 Å². The van der Waals surface area contributed by atoms with Gasteiger partial charge in [-0.15, -0.1) is 0 Å². The van der Waals surface area contributed by atoms with E-state index in [4.69, 9.17) is 5.73 Å². The van der Waals surface area contributed by atoms with Crippen LogP contribution in [-0.4, -0.2) is 19.7 Å². The third kappa shape index (κ3) is 1.56. The van der Waals surface area contributed by atoms with Gasteiger partial charge in [-0.3, -0.25) is 4.68 Å². The van der Waals surface area contributed by atoms with Crippen LogP contribution in [0.5, 0.6) is 0 Å². The van der Waals surface area contributed by atoms with Crippen molar-refractivity contribution < 1.29 is 0 Å². The second-order valence-electron chi connectivity index (χ2n) is 3.26. The fourth-order valence-electron chi connectivity index (χ4n) is 1.53. The van der Waals surface area contributed by atoms with Gasteiger partial charge in [0.25, 0.3) is 0 Å². The SMILES string of the molecule is CCc1c(-c2ncccn2)nn(C)c1N. The zero-order valence-corrected chi connectivity index (χ0v) is 8.81. The number of aromatic nitrogens is 4. The van der Waals surface area contributed by atoms with Crippen molar-refractivity contribution in [2.75, 3.05) is 5.73 Å². The number of aryl methyl sites for hydroxylation is 1. The van der Waals surface area contributed by atoms with E-state index in [1.807, 2.05) is 14.0 Å². The lowest BCUT2D eigenvalue weighted by Crippen LogP contribution is -1.98. The van der Waals surface area contributed by atoms with Gasteiger partial charge in [0.05, 0.1) is 0 Å². The second kappa shape index (κ2) is 3.68. The molecule has 2 aromatic heterocycles. The highest BCUT2D eigenvalue weighted by Gasteiger charge is 2.15. The predicted octanol–water partition coefficient (Wildman–Crippen LogP) is 1.02. The summed E-state index contributed by atoms with van der Waals surface area (Å²) in [6.07, 6.45) is 4.23. The van der Waals surface area contributed by atoms with Gasteiger partial charge < -0.3 is 5.73 Å². The zero-order valence-electron chi connectivity index (χ0n) is 8.81. The van der Waals surface area contributed by atoms with Crippen molar-refractivity contribution in [1.29, 1.82) is 0 Å². The summed E-state index contributed by atoms with van der Waals surface area (Å²) in [6, 6.07) is 1.78. The highest BCUT2D eigenvalue weighted by atomic mass is 15.3. The van der Waals surface area contributed by atoms with Crippen LogP contribution in [0.3, 0.4) is 0 Å². The molecule has 0 unspecified atom stereocenters. The first kappa shape index (κ1) is 9.64. The number of hydrogen-bond acceptors (Lipinski definition) is 4. The third-order valence-corrected chi connectivity index (χ3v) is 2.32. The van der Waals surface area contributed by atoms with Crippen LogP contribution in [0, 0.1) is 0 Å². The molecule has 5 nitrogen and oxygen atoms in total. The molecule has 0 saturated carbocycles. The molecule has 15 heavy (non-hydrogen) atoms. The minimum atomic E-state index is 0.627. The van der Waals surface area contributed by atoms with E-state index < -0.39 is 0 Å². The Balaban J connectivity index is 2.58. The second-order valence-corrected chi connectivity index (χ2v) is 3.26. The van der Waals surface area contributed by atoms with E-state index in [9.17, 15) is 0 Å². The molecule has 0 fully saturated rings. The zero-order chi connectivity index (χ0) is 10.8. The number of hydrogen-bond donors (Lipinski definition) is 1. The van der Waals surface area contributed by atoms with Gasteiger partial charge in [0.1, 0.15) is 11.5 Å². The maximum absolute atomic E-state index is 5.90. The van der Waals surface area contributed by atoms with Crippen molar-refractivity contribution in [2.24, 2.45) is 7.05 Å². The molecule has 0 aliphatic heterocycles. The Morgan fingerprint density at radius 3 is 2.60 bits per heavy atom. The highest BCUT2D eigenvalue weighted by molar-refractivity contribution is 5.62. The molecule has 0 aromatic carbocycles. The van der Waals surface area contributed by atoms with Crippen LogP contribution in [0.1, 0.15) is 12.5 Å². The van der Waals surface area contributed by atoms with Crippen molar-refractivity contribution in [3.8, 4) is 11.5 Å². The average molecular weight is 203 g/mol.